The number of hydrogen-bond acceptors (Lipinski definition) is 6. The summed E-state index contributed by atoms with van der Waals surface area (Å²) in [5, 5.41) is 9.01. The number of carbonyl (C=O) groups excluding carboxylic acids is 1. The standard InChI is InChI=1S/C18H16N2O5S/c1-24-15-8-9-17(16(11-15)25-2)26(22,23)20-18(21)10-7-13-5-3-4-6-14(13)12-19/h3-11H,1-2H3,(H,20,21)/b10-7+. The van der Waals surface area contributed by atoms with Gasteiger partial charge in [0.05, 0.1) is 25.9 Å². The van der Waals surface area contributed by atoms with Gasteiger partial charge >= 0.3 is 0 Å². The molecule has 0 aliphatic carbocycles. The molecule has 0 unspecified atom stereocenters. The summed E-state index contributed by atoms with van der Waals surface area (Å²) in [6.45, 7) is 0. The topological polar surface area (TPSA) is 105 Å². The molecule has 2 rings (SSSR count). The average molecular weight is 372 g/mol. The van der Waals surface area contributed by atoms with E-state index >= 15 is 0 Å². The Morgan fingerprint density at radius 3 is 2.54 bits per heavy atom. The minimum atomic E-state index is -4.14. The number of amides is 1. The van der Waals surface area contributed by atoms with Crippen LogP contribution in [0.1, 0.15) is 11.1 Å². The number of hydrogen-bond donors (Lipinski definition) is 1. The Bertz CT molecular complexity index is 991. The second kappa shape index (κ2) is 8.18. The molecule has 0 radical (unpaired) electrons. The van der Waals surface area contributed by atoms with Crippen LogP contribution in [0.15, 0.2) is 53.4 Å². The van der Waals surface area contributed by atoms with Crippen LogP contribution in [0.2, 0.25) is 0 Å². The highest BCUT2D eigenvalue weighted by Crippen LogP contribution is 2.28. The van der Waals surface area contributed by atoms with Gasteiger partial charge in [-0.05, 0) is 29.8 Å². The van der Waals surface area contributed by atoms with Crippen molar-refractivity contribution in [3.05, 3.63) is 59.7 Å². The first kappa shape index (κ1) is 19.0. The van der Waals surface area contributed by atoms with Crippen LogP contribution in [0.5, 0.6) is 11.5 Å². The molecule has 2 aromatic rings. The Balaban J connectivity index is 2.23. The monoisotopic (exact) mass is 372 g/mol. The highest BCUT2D eigenvalue weighted by atomic mass is 32.2. The van der Waals surface area contributed by atoms with Crippen molar-refractivity contribution in [2.75, 3.05) is 14.2 Å². The summed E-state index contributed by atoms with van der Waals surface area (Å²) in [5.74, 6) is -0.390. The van der Waals surface area contributed by atoms with Crippen LogP contribution in [0, 0.1) is 11.3 Å². The molecule has 0 spiro atoms. The van der Waals surface area contributed by atoms with Crippen molar-refractivity contribution < 1.29 is 22.7 Å². The number of rotatable bonds is 6. The lowest BCUT2D eigenvalue weighted by Crippen LogP contribution is -2.29. The predicted molar refractivity (Wildman–Crippen MR) is 95.1 cm³/mol. The summed E-state index contributed by atoms with van der Waals surface area (Å²) in [4.78, 5) is 11.8. The molecule has 2 aromatic carbocycles. The van der Waals surface area contributed by atoms with E-state index in [1.807, 2.05) is 10.8 Å². The van der Waals surface area contributed by atoms with E-state index in [-0.39, 0.29) is 10.6 Å². The highest BCUT2D eigenvalue weighted by Gasteiger charge is 2.21. The van der Waals surface area contributed by atoms with Crippen molar-refractivity contribution in [2.45, 2.75) is 4.90 Å². The molecular formula is C18H16N2O5S. The summed E-state index contributed by atoms with van der Waals surface area (Å²) in [5.41, 5.74) is 0.876. The maximum absolute atomic E-state index is 12.4. The normalized spacial score (nSPS) is 11.0. The smallest absolute Gasteiger partial charge is 0.267 e. The van der Waals surface area contributed by atoms with Crippen molar-refractivity contribution in [2.24, 2.45) is 0 Å². The Kier molecular flexibility index (Phi) is 5.98. The van der Waals surface area contributed by atoms with Crippen LogP contribution in [0.3, 0.4) is 0 Å². The zero-order chi connectivity index (χ0) is 19.2. The molecule has 0 aliphatic heterocycles. The van der Waals surface area contributed by atoms with Crippen LogP contribution in [-0.4, -0.2) is 28.5 Å². The fourth-order valence-corrected chi connectivity index (χ4v) is 3.23. The number of ether oxygens (including phenoxy) is 2. The quantitative estimate of drug-likeness (QED) is 0.779. The summed E-state index contributed by atoms with van der Waals surface area (Å²) in [6.07, 6.45) is 2.42. The van der Waals surface area contributed by atoms with Gasteiger partial charge in [0.25, 0.3) is 15.9 Å². The molecular weight excluding hydrogens is 356 g/mol. The van der Waals surface area contributed by atoms with Gasteiger partial charge in [-0.25, -0.2) is 13.1 Å². The lowest BCUT2D eigenvalue weighted by Gasteiger charge is -2.11. The zero-order valence-electron chi connectivity index (χ0n) is 14.1. The van der Waals surface area contributed by atoms with E-state index in [2.05, 4.69) is 0 Å². The van der Waals surface area contributed by atoms with Gasteiger partial charge in [-0.3, -0.25) is 4.79 Å². The third kappa shape index (κ3) is 4.40. The van der Waals surface area contributed by atoms with Crippen molar-refractivity contribution in [1.29, 1.82) is 5.26 Å². The van der Waals surface area contributed by atoms with E-state index in [9.17, 15) is 13.2 Å². The van der Waals surface area contributed by atoms with Crippen LogP contribution >= 0.6 is 0 Å². The summed E-state index contributed by atoms with van der Waals surface area (Å²) in [6, 6.07) is 12.7. The molecule has 0 aromatic heterocycles. The maximum Gasteiger partial charge on any atom is 0.267 e. The molecule has 0 bridgehead atoms. The molecule has 0 fully saturated rings. The maximum atomic E-state index is 12.4. The number of sulfonamides is 1. The minimum Gasteiger partial charge on any atom is -0.497 e. The lowest BCUT2D eigenvalue weighted by atomic mass is 10.1. The first-order valence-corrected chi connectivity index (χ1v) is 8.85. The van der Waals surface area contributed by atoms with Crippen LogP contribution in [-0.2, 0) is 14.8 Å². The van der Waals surface area contributed by atoms with Crippen molar-refractivity contribution in [3.8, 4) is 17.6 Å². The van der Waals surface area contributed by atoms with Gasteiger partial charge in [0.1, 0.15) is 16.4 Å². The molecule has 0 heterocycles. The largest absolute Gasteiger partial charge is 0.497 e. The van der Waals surface area contributed by atoms with E-state index in [1.165, 1.54) is 38.5 Å². The number of methoxy groups -OCH3 is 2. The van der Waals surface area contributed by atoms with Gasteiger partial charge in [0, 0.05) is 12.1 Å². The highest BCUT2D eigenvalue weighted by molar-refractivity contribution is 7.90. The predicted octanol–water partition coefficient (Wildman–Crippen LogP) is 2.09. The van der Waals surface area contributed by atoms with E-state index in [1.54, 1.807) is 24.3 Å². The van der Waals surface area contributed by atoms with Gasteiger partial charge in [-0.2, -0.15) is 5.26 Å². The Hall–Kier alpha value is -3.31. The molecule has 134 valence electrons. The van der Waals surface area contributed by atoms with Crippen LogP contribution in [0.4, 0.5) is 0 Å². The Morgan fingerprint density at radius 2 is 1.88 bits per heavy atom. The average Bonchev–Trinajstić information content (AvgIpc) is 2.65. The van der Waals surface area contributed by atoms with Crippen LogP contribution < -0.4 is 14.2 Å². The third-order valence-electron chi connectivity index (χ3n) is 3.39. The van der Waals surface area contributed by atoms with Crippen molar-refractivity contribution >= 4 is 22.0 Å². The molecule has 26 heavy (non-hydrogen) atoms. The van der Waals surface area contributed by atoms with E-state index < -0.39 is 15.9 Å². The van der Waals surface area contributed by atoms with Crippen LogP contribution in [0.25, 0.3) is 6.08 Å². The first-order chi connectivity index (χ1) is 12.4. The number of nitrogens with zero attached hydrogens (tertiary/aromatic N) is 1. The van der Waals surface area contributed by atoms with Gasteiger partial charge < -0.3 is 9.47 Å². The van der Waals surface area contributed by atoms with E-state index in [4.69, 9.17) is 14.7 Å². The second-order valence-corrected chi connectivity index (χ2v) is 6.67. The summed E-state index contributed by atoms with van der Waals surface area (Å²) >= 11 is 0. The molecule has 8 heteroatoms. The third-order valence-corrected chi connectivity index (χ3v) is 4.78. The fraction of sp³-hybridized carbons (Fsp3) is 0.111. The molecule has 0 aliphatic rings. The Morgan fingerprint density at radius 1 is 1.15 bits per heavy atom. The fourth-order valence-electron chi connectivity index (χ4n) is 2.13. The molecule has 0 saturated carbocycles. The summed E-state index contributed by atoms with van der Waals surface area (Å²) in [7, 11) is -1.39. The van der Waals surface area contributed by atoms with E-state index in [0.717, 1.165) is 6.08 Å². The van der Waals surface area contributed by atoms with Gasteiger partial charge in [0.15, 0.2) is 0 Å². The number of benzene rings is 2. The lowest BCUT2D eigenvalue weighted by molar-refractivity contribution is -0.114. The van der Waals surface area contributed by atoms with E-state index in [0.29, 0.717) is 16.9 Å². The minimum absolute atomic E-state index is 0.0449. The van der Waals surface area contributed by atoms with Crippen molar-refractivity contribution in [3.63, 3.8) is 0 Å². The molecule has 0 saturated heterocycles. The Labute approximate surface area is 151 Å². The molecule has 1 N–H and O–H groups in total. The van der Waals surface area contributed by atoms with Gasteiger partial charge in [0.2, 0.25) is 0 Å². The number of nitrogens with one attached hydrogen (secondary N) is 1. The molecule has 0 atom stereocenters. The number of nitriles is 1. The zero-order valence-corrected chi connectivity index (χ0v) is 14.9. The molecule has 7 nitrogen and oxygen atoms in total. The van der Waals surface area contributed by atoms with Gasteiger partial charge in [-0.15, -0.1) is 0 Å². The number of carbonyl (C=O) groups is 1. The molecule has 1 amide bonds. The first-order valence-electron chi connectivity index (χ1n) is 7.37. The summed E-state index contributed by atoms with van der Waals surface area (Å²) < 4.78 is 36.8. The van der Waals surface area contributed by atoms with Gasteiger partial charge in [-0.1, -0.05) is 18.2 Å². The second-order valence-electron chi connectivity index (χ2n) is 5.02. The SMILES string of the molecule is COc1ccc(S(=O)(=O)NC(=O)/C=C/c2ccccc2C#N)c(OC)c1. The van der Waals surface area contributed by atoms with Crippen molar-refractivity contribution in [1.82, 2.24) is 4.72 Å².